The van der Waals surface area contributed by atoms with E-state index in [-0.39, 0.29) is 5.91 Å². The van der Waals surface area contributed by atoms with Crippen molar-refractivity contribution >= 4 is 33.2 Å². The largest absolute Gasteiger partial charge is 0.398 e. The summed E-state index contributed by atoms with van der Waals surface area (Å²) in [6, 6.07) is 7.30. The van der Waals surface area contributed by atoms with Crippen molar-refractivity contribution in [1.82, 2.24) is 4.98 Å². The molecule has 0 aliphatic heterocycles. The summed E-state index contributed by atoms with van der Waals surface area (Å²) in [7, 11) is 0. The van der Waals surface area contributed by atoms with E-state index in [4.69, 9.17) is 5.73 Å². The summed E-state index contributed by atoms with van der Waals surface area (Å²) in [6.07, 6.45) is 1.49. The van der Waals surface area contributed by atoms with Crippen molar-refractivity contribution in [3.05, 3.63) is 51.8 Å². The monoisotopic (exact) mass is 319 g/mol. The fraction of sp³-hybridized carbons (Fsp3) is 0.143. The van der Waals surface area contributed by atoms with Crippen LogP contribution in [0.5, 0.6) is 0 Å². The zero-order chi connectivity index (χ0) is 14.0. The molecule has 3 N–H and O–H groups in total. The van der Waals surface area contributed by atoms with Crippen LogP contribution in [-0.2, 0) is 0 Å². The minimum Gasteiger partial charge on any atom is -0.398 e. The highest BCUT2D eigenvalue weighted by Gasteiger charge is 2.11. The van der Waals surface area contributed by atoms with E-state index >= 15 is 0 Å². The Morgan fingerprint density at radius 1 is 1.32 bits per heavy atom. The molecule has 0 atom stereocenters. The van der Waals surface area contributed by atoms with Gasteiger partial charge < -0.3 is 11.1 Å². The molecular formula is C14H14BrN3O. The summed E-state index contributed by atoms with van der Waals surface area (Å²) >= 11 is 3.43. The van der Waals surface area contributed by atoms with Gasteiger partial charge in [-0.15, -0.1) is 0 Å². The summed E-state index contributed by atoms with van der Waals surface area (Å²) in [5.41, 5.74) is 9.23. The van der Waals surface area contributed by atoms with Crippen LogP contribution in [0.1, 0.15) is 21.6 Å². The molecule has 0 aliphatic rings. The Labute approximate surface area is 120 Å². The summed E-state index contributed by atoms with van der Waals surface area (Å²) in [6.45, 7) is 3.81. The van der Waals surface area contributed by atoms with Crippen molar-refractivity contribution < 1.29 is 4.79 Å². The minimum absolute atomic E-state index is 0.263. The molecule has 0 radical (unpaired) electrons. The Balaban J connectivity index is 2.23. The lowest BCUT2D eigenvalue weighted by Crippen LogP contribution is -2.14. The number of benzene rings is 1. The number of carbonyl (C=O) groups excluding carboxylic acids is 1. The highest BCUT2D eigenvalue weighted by atomic mass is 79.9. The lowest BCUT2D eigenvalue weighted by molar-refractivity contribution is 0.102. The zero-order valence-corrected chi connectivity index (χ0v) is 12.3. The third-order valence-corrected chi connectivity index (χ3v) is 3.60. The maximum absolute atomic E-state index is 12.1. The Morgan fingerprint density at radius 2 is 2.05 bits per heavy atom. The van der Waals surface area contributed by atoms with Gasteiger partial charge in [-0.2, -0.15) is 0 Å². The van der Waals surface area contributed by atoms with E-state index in [2.05, 4.69) is 26.2 Å². The van der Waals surface area contributed by atoms with Crippen molar-refractivity contribution in [2.24, 2.45) is 0 Å². The zero-order valence-electron chi connectivity index (χ0n) is 10.7. The SMILES string of the molecule is Cc1cc(N)c(C(=O)Nc2ccc(C)c(Br)c2)cn1. The highest BCUT2D eigenvalue weighted by molar-refractivity contribution is 9.10. The second-order valence-corrected chi connectivity index (χ2v) is 5.19. The molecule has 0 unspecified atom stereocenters. The number of aromatic nitrogens is 1. The van der Waals surface area contributed by atoms with E-state index in [0.717, 1.165) is 15.7 Å². The number of nitrogen functional groups attached to an aromatic ring is 1. The molecule has 1 aromatic heterocycles. The van der Waals surface area contributed by atoms with Crippen molar-refractivity contribution in [2.45, 2.75) is 13.8 Å². The second-order valence-electron chi connectivity index (χ2n) is 4.33. The fourth-order valence-corrected chi connectivity index (χ4v) is 2.02. The number of amides is 1. The van der Waals surface area contributed by atoms with Gasteiger partial charge in [0.15, 0.2) is 0 Å². The topological polar surface area (TPSA) is 68.0 Å². The van der Waals surface area contributed by atoms with Crippen LogP contribution in [0.3, 0.4) is 0 Å². The van der Waals surface area contributed by atoms with E-state index in [0.29, 0.717) is 16.9 Å². The first kappa shape index (κ1) is 13.5. The molecule has 1 heterocycles. The van der Waals surface area contributed by atoms with Gasteiger partial charge in [0.25, 0.3) is 5.91 Å². The highest BCUT2D eigenvalue weighted by Crippen LogP contribution is 2.21. The molecule has 2 rings (SSSR count). The first-order chi connectivity index (χ1) is 8.97. The van der Waals surface area contributed by atoms with Gasteiger partial charge in [0.2, 0.25) is 0 Å². The van der Waals surface area contributed by atoms with E-state index in [1.807, 2.05) is 32.0 Å². The molecular weight excluding hydrogens is 306 g/mol. The number of anilines is 2. The van der Waals surface area contributed by atoms with Gasteiger partial charge in [-0.3, -0.25) is 9.78 Å². The van der Waals surface area contributed by atoms with Crippen LogP contribution >= 0.6 is 15.9 Å². The molecule has 4 nitrogen and oxygen atoms in total. The number of aryl methyl sites for hydroxylation is 2. The average molecular weight is 320 g/mol. The van der Waals surface area contributed by atoms with Crippen molar-refractivity contribution in [3.8, 4) is 0 Å². The summed E-state index contributed by atoms with van der Waals surface area (Å²) < 4.78 is 0.945. The standard InChI is InChI=1S/C14H14BrN3O/c1-8-3-4-10(6-12(8)15)18-14(19)11-7-17-9(2)5-13(11)16/h3-7H,1-2H3,(H2,16,17)(H,18,19). The molecule has 5 heteroatoms. The first-order valence-corrected chi connectivity index (χ1v) is 6.56. The predicted octanol–water partition coefficient (Wildman–Crippen LogP) is 3.30. The van der Waals surface area contributed by atoms with Crippen LogP contribution in [0.15, 0.2) is 34.9 Å². The van der Waals surface area contributed by atoms with Gasteiger partial charge in [-0.05, 0) is 37.6 Å². The normalized spacial score (nSPS) is 10.3. The van der Waals surface area contributed by atoms with Crippen LogP contribution in [0, 0.1) is 13.8 Å². The van der Waals surface area contributed by atoms with E-state index < -0.39 is 0 Å². The Kier molecular flexibility index (Phi) is 3.85. The fourth-order valence-electron chi connectivity index (χ4n) is 1.64. The molecule has 98 valence electrons. The molecule has 0 aliphatic carbocycles. The molecule has 0 saturated heterocycles. The summed E-state index contributed by atoms with van der Waals surface area (Å²) in [5, 5.41) is 2.80. The van der Waals surface area contributed by atoms with E-state index in [1.165, 1.54) is 6.20 Å². The number of halogens is 1. The second kappa shape index (κ2) is 5.40. The molecule has 0 saturated carbocycles. The number of nitrogens with zero attached hydrogens (tertiary/aromatic N) is 1. The van der Waals surface area contributed by atoms with Gasteiger partial charge in [-0.1, -0.05) is 22.0 Å². The molecule has 1 amide bonds. The summed E-state index contributed by atoms with van der Waals surface area (Å²) in [5.74, 6) is -0.263. The maximum Gasteiger partial charge on any atom is 0.259 e. The van der Waals surface area contributed by atoms with Crippen LogP contribution in [0.2, 0.25) is 0 Å². The lowest BCUT2D eigenvalue weighted by Gasteiger charge is -2.09. The van der Waals surface area contributed by atoms with Crippen molar-refractivity contribution in [3.63, 3.8) is 0 Å². The Bertz CT molecular complexity index is 641. The van der Waals surface area contributed by atoms with Crippen molar-refractivity contribution in [2.75, 3.05) is 11.1 Å². The molecule has 19 heavy (non-hydrogen) atoms. The first-order valence-electron chi connectivity index (χ1n) is 5.77. The number of carbonyl (C=O) groups is 1. The maximum atomic E-state index is 12.1. The third kappa shape index (κ3) is 3.12. The smallest absolute Gasteiger partial charge is 0.259 e. The van der Waals surface area contributed by atoms with Gasteiger partial charge in [0.05, 0.1) is 5.56 Å². The Morgan fingerprint density at radius 3 is 2.68 bits per heavy atom. The quantitative estimate of drug-likeness (QED) is 0.892. The third-order valence-electron chi connectivity index (χ3n) is 2.75. The van der Waals surface area contributed by atoms with Crippen LogP contribution < -0.4 is 11.1 Å². The number of hydrogen-bond acceptors (Lipinski definition) is 3. The van der Waals surface area contributed by atoms with E-state index in [1.54, 1.807) is 6.07 Å². The molecule has 2 aromatic rings. The lowest BCUT2D eigenvalue weighted by atomic mass is 10.2. The van der Waals surface area contributed by atoms with Crippen molar-refractivity contribution in [1.29, 1.82) is 0 Å². The number of rotatable bonds is 2. The predicted molar refractivity (Wildman–Crippen MR) is 80.2 cm³/mol. The number of nitrogens with two attached hydrogens (primary N) is 1. The Hall–Kier alpha value is -1.88. The van der Waals surface area contributed by atoms with Gasteiger partial charge >= 0.3 is 0 Å². The van der Waals surface area contributed by atoms with Gasteiger partial charge in [0, 0.05) is 27.7 Å². The van der Waals surface area contributed by atoms with Crippen LogP contribution in [-0.4, -0.2) is 10.9 Å². The minimum atomic E-state index is -0.263. The molecule has 0 bridgehead atoms. The number of nitrogens with one attached hydrogen (secondary N) is 1. The van der Waals surface area contributed by atoms with Gasteiger partial charge in [0.1, 0.15) is 0 Å². The van der Waals surface area contributed by atoms with Crippen LogP contribution in [0.4, 0.5) is 11.4 Å². The number of hydrogen-bond donors (Lipinski definition) is 2. The molecule has 1 aromatic carbocycles. The summed E-state index contributed by atoms with van der Waals surface area (Å²) in [4.78, 5) is 16.2. The average Bonchev–Trinajstić information content (AvgIpc) is 2.33. The molecule has 0 spiro atoms. The molecule has 0 fully saturated rings. The van der Waals surface area contributed by atoms with E-state index in [9.17, 15) is 4.79 Å². The van der Waals surface area contributed by atoms with Gasteiger partial charge in [-0.25, -0.2) is 0 Å². The number of pyridine rings is 1. The van der Waals surface area contributed by atoms with Crippen LogP contribution in [0.25, 0.3) is 0 Å².